The summed E-state index contributed by atoms with van der Waals surface area (Å²) >= 11 is 6.72. The summed E-state index contributed by atoms with van der Waals surface area (Å²) in [7, 11) is 0. The number of hydrogen-bond acceptors (Lipinski definition) is 2. The molecule has 0 aromatic carbocycles. The van der Waals surface area contributed by atoms with Crippen LogP contribution in [0.3, 0.4) is 0 Å². The van der Waals surface area contributed by atoms with Crippen molar-refractivity contribution in [1.29, 1.82) is 0 Å². The molecule has 2 heterocycles. The van der Waals surface area contributed by atoms with Gasteiger partial charge in [0.15, 0.2) is 0 Å². The van der Waals surface area contributed by atoms with Gasteiger partial charge in [-0.2, -0.15) is 0 Å². The second-order valence-corrected chi connectivity index (χ2v) is 4.46. The van der Waals surface area contributed by atoms with Crippen molar-refractivity contribution in [2.75, 3.05) is 0 Å². The molecule has 0 aliphatic rings. The fourth-order valence-electron chi connectivity index (χ4n) is 1.30. The molecule has 0 aliphatic carbocycles. The van der Waals surface area contributed by atoms with Crippen molar-refractivity contribution in [1.82, 2.24) is 9.38 Å². The number of halogens is 2. The summed E-state index contributed by atoms with van der Waals surface area (Å²) < 4.78 is 3.62. The molecule has 0 aliphatic heterocycles. The zero-order chi connectivity index (χ0) is 10.1. The summed E-state index contributed by atoms with van der Waals surface area (Å²) in [5.41, 5.74) is 0.963. The number of carbonyl (C=O) groups excluding carboxylic acids is 1. The molecule has 0 fully saturated rings. The van der Waals surface area contributed by atoms with Crippen molar-refractivity contribution in [2.24, 2.45) is 0 Å². The van der Waals surface area contributed by atoms with Crippen LogP contribution in [-0.4, -0.2) is 15.7 Å². The number of pyridine rings is 1. The van der Waals surface area contributed by atoms with Crippen LogP contribution in [0.2, 0.25) is 0 Å². The van der Waals surface area contributed by atoms with E-state index in [4.69, 9.17) is 0 Å². The van der Waals surface area contributed by atoms with E-state index in [9.17, 15) is 4.79 Å². The SMILES string of the molecule is O=CCc1nc(Br)c2ccc(Br)cn12. The largest absolute Gasteiger partial charge is 0.303 e. The number of rotatable bonds is 2. The third-order valence-electron chi connectivity index (χ3n) is 1.89. The first kappa shape index (κ1) is 9.86. The summed E-state index contributed by atoms with van der Waals surface area (Å²) in [5.74, 6) is 0.739. The molecule has 0 unspecified atom stereocenters. The van der Waals surface area contributed by atoms with Crippen molar-refractivity contribution < 1.29 is 4.79 Å². The highest BCUT2D eigenvalue weighted by molar-refractivity contribution is 9.10. The molecule has 0 amide bonds. The molecule has 0 radical (unpaired) electrons. The standard InChI is InChI=1S/C9H6Br2N2O/c10-6-1-2-7-9(11)12-8(3-4-14)13(7)5-6/h1-2,4-5H,3H2. The molecule has 3 nitrogen and oxygen atoms in total. The van der Waals surface area contributed by atoms with E-state index >= 15 is 0 Å². The van der Waals surface area contributed by atoms with Crippen LogP contribution in [0.1, 0.15) is 5.82 Å². The minimum absolute atomic E-state index is 0.323. The average molecular weight is 318 g/mol. The second kappa shape index (κ2) is 3.82. The van der Waals surface area contributed by atoms with Gasteiger partial charge in [0.25, 0.3) is 0 Å². The lowest BCUT2D eigenvalue weighted by atomic mass is 10.4. The molecule has 2 rings (SSSR count). The predicted octanol–water partition coefficient (Wildman–Crippen LogP) is 2.60. The van der Waals surface area contributed by atoms with Gasteiger partial charge in [-0.25, -0.2) is 4.98 Å². The third-order valence-corrected chi connectivity index (χ3v) is 2.95. The summed E-state index contributed by atoms with van der Waals surface area (Å²) in [5, 5.41) is 0. The number of nitrogens with zero attached hydrogens (tertiary/aromatic N) is 2. The average Bonchev–Trinajstić information content (AvgIpc) is 2.44. The fourth-order valence-corrected chi connectivity index (χ4v) is 2.16. The van der Waals surface area contributed by atoms with Crippen molar-refractivity contribution in [2.45, 2.75) is 6.42 Å². The Morgan fingerprint density at radius 1 is 1.43 bits per heavy atom. The van der Waals surface area contributed by atoms with Crippen LogP contribution in [-0.2, 0) is 11.2 Å². The van der Waals surface area contributed by atoms with Gasteiger partial charge in [0.1, 0.15) is 16.7 Å². The Kier molecular flexibility index (Phi) is 2.69. The molecule has 0 N–H and O–H groups in total. The molecule has 0 saturated heterocycles. The first-order chi connectivity index (χ1) is 6.72. The van der Waals surface area contributed by atoms with Gasteiger partial charge in [0.2, 0.25) is 0 Å². The van der Waals surface area contributed by atoms with Crippen molar-refractivity contribution >= 4 is 43.7 Å². The number of hydrogen-bond donors (Lipinski definition) is 0. The van der Waals surface area contributed by atoms with Crippen LogP contribution in [0.5, 0.6) is 0 Å². The molecule has 0 bridgehead atoms. The van der Waals surface area contributed by atoms with Crippen molar-refractivity contribution in [3.8, 4) is 0 Å². The fraction of sp³-hybridized carbons (Fsp3) is 0.111. The Morgan fingerprint density at radius 2 is 2.21 bits per heavy atom. The second-order valence-electron chi connectivity index (χ2n) is 2.79. The van der Waals surface area contributed by atoms with E-state index in [1.54, 1.807) is 0 Å². The van der Waals surface area contributed by atoms with Crippen LogP contribution < -0.4 is 0 Å². The molecule has 2 aromatic heterocycles. The lowest BCUT2D eigenvalue weighted by Crippen LogP contribution is -1.94. The van der Waals surface area contributed by atoms with E-state index in [-0.39, 0.29) is 0 Å². The summed E-state index contributed by atoms with van der Waals surface area (Å²) in [6.07, 6.45) is 3.07. The van der Waals surface area contributed by atoms with Gasteiger partial charge in [0.05, 0.1) is 11.9 Å². The van der Waals surface area contributed by atoms with Crippen LogP contribution >= 0.6 is 31.9 Å². The molecule has 2 aromatic rings. The Bertz CT molecular complexity index is 493. The molecule has 0 spiro atoms. The topological polar surface area (TPSA) is 34.4 Å². The quantitative estimate of drug-likeness (QED) is 0.798. The zero-order valence-electron chi connectivity index (χ0n) is 7.08. The molecular formula is C9H6Br2N2O. The van der Waals surface area contributed by atoms with E-state index in [0.29, 0.717) is 6.42 Å². The third kappa shape index (κ3) is 1.62. The highest BCUT2D eigenvalue weighted by Gasteiger charge is 2.07. The van der Waals surface area contributed by atoms with Gasteiger partial charge in [0, 0.05) is 10.7 Å². The lowest BCUT2D eigenvalue weighted by Gasteiger charge is -1.97. The maximum absolute atomic E-state index is 10.4. The van der Waals surface area contributed by atoms with E-state index in [1.165, 1.54) is 0 Å². The minimum atomic E-state index is 0.323. The highest BCUT2D eigenvalue weighted by Crippen LogP contribution is 2.21. The minimum Gasteiger partial charge on any atom is -0.303 e. The lowest BCUT2D eigenvalue weighted by molar-refractivity contribution is -0.107. The normalized spacial score (nSPS) is 10.7. The molecule has 72 valence electrons. The number of aldehydes is 1. The molecule has 0 atom stereocenters. The van der Waals surface area contributed by atoms with E-state index in [2.05, 4.69) is 36.8 Å². The van der Waals surface area contributed by atoms with Crippen LogP contribution in [0, 0.1) is 0 Å². The molecular weight excluding hydrogens is 312 g/mol. The Labute approximate surface area is 97.4 Å². The van der Waals surface area contributed by atoms with Gasteiger partial charge in [-0.15, -0.1) is 0 Å². The predicted molar refractivity (Wildman–Crippen MR) is 60.4 cm³/mol. The van der Waals surface area contributed by atoms with E-state index in [0.717, 1.165) is 26.7 Å². The van der Waals surface area contributed by atoms with E-state index < -0.39 is 0 Å². The van der Waals surface area contributed by atoms with Crippen LogP contribution in [0.15, 0.2) is 27.4 Å². The van der Waals surface area contributed by atoms with Gasteiger partial charge in [-0.3, -0.25) is 0 Å². The van der Waals surface area contributed by atoms with E-state index in [1.807, 2.05) is 22.7 Å². The first-order valence-electron chi connectivity index (χ1n) is 3.98. The van der Waals surface area contributed by atoms with Gasteiger partial charge < -0.3 is 9.20 Å². The smallest absolute Gasteiger partial charge is 0.132 e. The van der Waals surface area contributed by atoms with Gasteiger partial charge in [-0.05, 0) is 44.0 Å². The maximum atomic E-state index is 10.4. The highest BCUT2D eigenvalue weighted by atomic mass is 79.9. The number of imidazole rings is 1. The summed E-state index contributed by atoms with van der Waals surface area (Å²) in [4.78, 5) is 14.7. The number of carbonyl (C=O) groups is 1. The van der Waals surface area contributed by atoms with Crippen molar-refractivity contribution in [3.05, 3.63) is 33.2 Å². The molecule has 14 heavy (non-hydrogen) atoms. The maximum Gasteiger partial charge on any atom is 0.132 e. The first-order valence-corrected chi connectivity index (χ1v) is 5.56. The van der Waals surface area contributed by atoms with Crippen molar-refractivity contribution in [3.63, 3.8) is 0 Å². The van der Waals surface area contributed by atoms with Crippen LogP contribution in [0.25, 0.3) is 5.52 Å². The number of fused-ring (bicyclic) bond motifs is 1. The number of aromatic nitrogens is 2. The molecule has 5 heteroatoms. The Hall–Kier alpha value is -0.680. The Morgan fingerprint density at radius 3 is 2.93 bits per heavy atom. The van der Waals surface area contributed by atoms with Crippen LogP contribution in [0.4, 0.5) is 0 Å². The molecule has 0 saturated carbocycles. The zero-order valence-corrected chi connectivity index (χ0v) is 10.2. The summed E-state index contributed by atoms with van der Waals surface area (Å²) in [6, 6.07) is 3.88. The van der Waals surface area contributed by atoms with Gasteiger partial charge >= 0.3 is 0 Å². The van der Waals surface area contributed by atoms with Gasteiger partial charge in [-0.1, -0.05) is 0 Å². The summed E-state index contributed by atoms with van der Waals surface area (Å²) in [6.45, 7) is 0. The Balaban J connectivity index is 2.72. The monoisotopic (exact) mass is 316 g/mol.